The second-order valence-corrected chi connectivity index (χ2v) is 5.93. The second kappa shape index (κ2) is 13.4. The standard InChI is InChI=1S/C17H35NO2/c1-5-6-7-8-9-10-11-12-13-14-15-20-16(2)17(19)18(3)4/h16H,5-15H2,1-4H3. The third-order valence-corrected chi connectivity index (χ3v) is 3.65. The topological polar surface area (TPSA) is 29.5 Å². The first-order valence-corrected chi connectivity index (χ1v) is 8.42. The number of nitrogens with zero attached hydrogens (tertiary/aromatic N) is 1. The minimum atomic E-state index is -0.302. The van der Waals surface area contributed by atoms with Gasteiger partial charge in [0.2, 0.25) is 0 Å². The zero-order valence-electron chi connectivity index (χ0n) is 14.1. The summed E-state index contributed by atoms with van der Waals surface area (Å²) in [5.74, 6) is 0.0529. The van der Waals surface area contributed by atoms with Gasteiger partial charge in [-0.25, -0.2) is 0 Å². The van der Waals surface area contributed by atoms with Crippen molar-refractivity contribution in [3.63, 3.8) is 0 Å². The van der Waals surface area contributed by atoms with Crippen LogP contribution in [0.1, 0.15) is 78.1 Å². The molecule has 0 fully saturated rings. The quantitative estimate of drug-likeness (QED) is 0.469. The highest BCUT2D eigenvalue weighted by molar-refractivity contribution is 5.79. The summed E-state index contributed by atoms with van der Waals surface area (Å²) in [6.07, 6.45) is 12.9. The maximum Gasteiger partial charge on any atom is 0.250 e. The first-order chi connectivity index (χ1) is 9.59. The summed E-state index contributed by atoms with van der Waals surface area (Å²) in [5, 5.41) is 0. The van der Waals surface area contributed by atoms with Crippen LogP contribution in [0.15, 0.2) is 0 Å². The van der Waals surface area contributed by atoms with Crippen molar-refractivity contribution in [1.29, 1.82) is 0 Å². The van der Waals surface area contributed by atoms with E-state index < -0.39 is 0 Å². The molecular weight excluding hydrogens is 250 g/mol. The number of carbonyl (C=O) groups excluding carboxylic acids is 1. The number of carbonyl (C=O) groups is 1. The summed E-state index contributed by atoms with van der Waals surface area (Å²) in [6.45, 7) is 4.80. The Kier molecular flexibility index (Phi) is 13.0. The van der Waals surface area contributed by atoms with Gasteiger partial charge in [0.1, 0.15) is 6.10 Å². The summed E-state index contributed by atoms with van der Waals surface area (Å²) < 4.78 is 5.55. The lowest BCUT2D eigenvalue weighted by molar-refractivity contribution is -0.140. The van der Waals surface area contributed by atoms with E-state index in [-0.39, 0.29) is 12.0 Å². The van der Waals surface area contributed by atoms with E-state index >= 15 is 0 Å². The SMILES string of the molecule is CCCCCCCCCCCCOC(C)C(=O)N(C)C. The van der Waals surface area contributed by atoms with Crippen LogP contribution in [0.3, 0.4) is 0 Å². The van der Waals surface area contributed by atoms with Gasteiger partial charge in [-0.2, -0.15) is 0 Å². The van der Waals surface area contributed by atoms with Gasteiger partial charge in [-0.15, -0.1) is 0 Å². The van der Waals surface area contributed by atoms with E-state index in [1.165, 1.54) is 57.8 Å². The van der Waals surface area contributed by atoms with Gasteiger partial charge in [-0.1, -0.05) is 64.7 Å². The average molecular weight is 285 g/mol. The van der Waals surface area contributed by atoms with Crippen molar-refractivity contribution in [3.05, 3.63) is 0 Å². The van der Waals surface area contributed by atoms with Crippen LogP contribution in [0.25, 0.3) is 0 Å². The van der Waals surface area contributed by atoms with Crippen molar-refractivity contribution in [2.75, 3.05) is 20.7 Å². The van der Waals surface area contributed by atoms with Gasteiger partial charge in [0.05, 0.1) is 0 Å². The molecule has 0 aliphatic rings. The fourth-order valence-electron chi connectivity index (χ4n) is 2.28. The lowest BCUT2D eigenvalue weighted by atomic mass is 10.1. The van der Waals surface area contributed by atoms with Crippen LogP contribution in [0, 0.1) is 0 Å². The van der Waals surface area contributed by atoms with Crippen LogP contribution in [0.5, 0.6) is 0 Å². The van der Waals surface area contributed by atoms with Crippen molar-refractivity contribution >= 4 is 5.91 Å². The van der Waals surface area contributed by atoms with Gasteiger partial charge < -0.3 is 9.64 Å². The van der Waals surface area contributed by atoms with Crippen LogP contribution >= 0.6 is 0 Å². The number of hydrogen-bond donors (Lipinski definition) is 0. The van der Waals surface area contributed by atoms with E-state index in [2.05, 4.69) is 6.92 Å². The average Bonchev–Trinajstić information content (AvgIpc) is 2.43. The predicted octanol–water partition coefficient (Wildman–Crippen LogP) is 4.40. The fraction of sp³-hybridized carbons (Fsp3) is 0.941. The van der Waals surface area contributed by atoms with Crippen LogP contribution in [-0.2, 0) is 9.53 Å². The van der Waals surface area contributed by atoms with Crippen molar-refractivity contribution in [2.24, 2.45) is 0 Å². The Labute approximate surface area is 126 Å². The van der Waals surface area contributed by atoms with Gasteiger partial charge in [-0.3, -0.25) is 4.79 Å². The maximum absolute atomic E-state index is 11.6. The lowest BCUT2D eigenvalue weighted by Crippen LogP contribution is -2.33. The van der Waals surface area contributed by atoms with E-state index in [4.69, 9.17) is 4.74 Å². The summed E-state index contributed by atoms with van der Waals surface area (Å²) in [7, 11) is 3.53. The molecule has 1 atom stereocenters. The number of amides is 1. The van der Waals surface area contributed by atoms with Crippen molar-refractivity contribution < 1.29 is 9.53 Å². The largest absolute Gasteiger partial charge is 0.369 e. The molecule has 0 spiro atoms. The molecule has 0 aromatic heterocycles. The van der Waals surface area contributed by atoms with Gasteiger partial charge in [-0.05, 0) is 13.3 Å². The monoisotopic (exact) mass is 285 g/mol. The third-order valence-electron chi connectivity index (χ3n) is 3.65. The minimum absolute atomic E-state index is 0.0529. The molecule has 0 heterocycles. The molecule has 1 amide bonds. The van der Waals surface area contributed by atoms with Crippen molar-refractivity contribution in [2.45, 2.75) is 84.2 Å². The molecule has 0 saturated carbocycles. The predicted molar refractivity (Wildman–Crippen MR) is 86.0 cm³/mol. The van der Waals surface area contributed by atoms with Crippen LogP contribution in [0.2, 0.25) is 0 Å². The van der Waals surface area contributed by atoms with Gasteiger partial charge in [0.15, 0.2) is 0 Å². The molecule has 0 aliphatic heterocycles. The zero-order valence-corrected chi connectivity index (χ0v) is 14.1. The van der Waals surface area contributed by atoms with Crippen LogP contribution in [0.4, 0.5) is 0 Å². The van der Waals surface area contributed by atoms with Crippen molar-refractivity contribution in [3.8, 4) is 0 Å². The summed E-state index contributed by atoms with van der Waals surface area (Å²) in [6, 6.07) is 0. The Bertz CT molecular complexity index is 229. The number of unbranched alkanes of at least 4 members (excludes halogenated alkanes) is 9. The zero-order chi connectivity index (χ0) is 15.2. The van der Waals surface area contributed by atoms with Gasteiger partial charge in [0, 0.05) is 20.7 Å². The summed E-state index contributed by atoms with van der Waals surface area (Å²) >= 11 is 0. The van der Waals surface area contributed by atoms with E-state index in [1.54, 1.807) is 19.0 Å². The highest BCUT2D eigenvalue weighted by Gasteiger charge is 2.14. The molecule has 0 aliphatic carbocycles. The molecule has 0 radical (unpaired) electrons. The molecular formula is C17H35NO2. The maximum atomic E-state index is 11.6. The Hall–Kier alpha value is -0.570. The Morgan fingerprint density at radius 2 is 1.35 bits per heavy atom. The van der Waals surface area contributed by atoms with E-state index in [0.717, 1.165) is 6.42 Å². The molecule has 1 unspecified atom stereocenters. The molecule has 0 bridgehead atoms. The number of rotatable bonds is 13. The molecule has 0 aromatic carbocycles. The molecule has 0 N–H and O–H groups in total. The number of hydrogen-bond acceptors (Lipinski definition) is 2. The molecule has 0 saturated heterocycles. The van der Waals surface area contributed by atoms with Gasteiger partial charge >= 0.3 is 0 Å². The number of likely N-dealkylation sites (N-methyl/N-ethyl adjacent to an activating group) is 1. The molecule has 3 heteroatoms. The third kappa shape index (κ3) is 11.3. The van der Waals surface area contributed by atoms with Crippen LogP contribution in [-0.4, -0.2) is 37.6 Å². The van der Waals surface area contributed by atoms with Crippen LogP contribution < -0.4 is 0 Å². The highest BCUT2D eigenvalue weighted by Crippen LogP contribution is 2.10. The molecule has 3 nitrogen and oxygen atoms in total. The van der Waals surface area contributed by atoms with E-state index in [0.29, 0.717) is 6.61 Å². The Balaban J connectivity index is 3.22. The summed E-state index contributed by atoms with van der Waals surface area (Å²) in [5.41, 5.74) is 0. The molecule has 20 heavy (non-hydrogen) atoms. The van der Waals surface area contributed by atoms with Crippen molar-refractivity contribution in [1.82, 2.24) is 4.90 Å². The van der Waals surface area contributed by atoms with Gasteiger partial charge in [0.25, 0.3) is 5.91 Å². The summed E-state index contributed by atoms with van der Waals surface area (Å²) in [4.78, 5) is 13.1. The normalized spacial score (nSPS) is 12.4. The minimum Gasteiger partial charge on any atom is -0.369 e. The number of ether oxygens (including phenoxy) is 1. The molecule has 0 aromatic rings. The first kappa shape index (κ1) is 19.4. The second-order valence-electron chi connectivity index (χ2n) is 5.93. The molecule has 120 valence electrons. The van der Waals surface area contributed by atoms with E-state index in [1.807, 2.05) is 6.92 Å². The smallest absolute Gasteiger partial charge is 0.250 e. The molecule has 0 rings (SSSR count). The Morgan fingerprint density at radius 3 is 1.80 bits per heavy atom. The Morgan fingerprint density at radius 1 is 0.900 bits per heavy atom. The first-order valence-electron chi connectivity index (χ1n) is 8.42. The van der Waals surface area contributed by atoms with E-state index in [9.17, 15) is 4.79 Å². The fourth-order valence-corrected chi connectivity index (χ4v) is 2.28. The lowest BCUT2D eigenvalue weighted by Gasteiger charge is -2.17. The highest BCUT2D eigenvalue weighted by atomic mass is 16.5.